The summed E-state index contributed by atoms with van der Waals surface area (Å²) >= 11 is 6.38. The molecule has 0 saturated heterocycles. The first-order valence-corrected chi connectivity index (χ1v) is 8.48. The van der Waals surface area contributed by atoms with Gasteiger partial charge in [-0.25, -0.2) is 4.68 Å². The van der Waals surface area contributed by atoms with Crippen molar-refractivity contribution in [2.75, 3.05) is 0 Å². The van der Waals surface area contributed by atoms with Gasteiger partial charge in [-0.2, -0.15) is 0 Å². The molecule has 1 unspecified atom stereocenters. The maximum absolute atomic E-state index is 6.38. The second-order valence-corrected chi connectivity index (χ2v) is 6.54. The van der Waals surface area contributed by atoms with Crippen molar-refractivity contribution in [3.05, 3.63) is 10.8 Å². The number of nitrogens with zero attached hydrogens (tertiary/aromatic N) is 3. The van der Waals surface area contributed by atoms with Crippen molar-refractivity contribution in [1.29, 1.82) is 0 Å². The summed E-state index contributed by atoms with van der Waals surface area (Å²) in [5, 5.41) is 9.14. The summed E-state index contributed by atoms with van der Waals surface area (Å²) in [5.74, 6) is 0. The van der Waals surface area contributed by atoms with Crippen LogP contribution in [0.25, 0.3) is 0 Å². The van der Waals surface area contributed by atoms with E-state index in [0.29, 0.717) is 5.15 Å². The molecule has 0 amide bonds. The van der Waals surface area contributed by atoms with E-state index in [1.807, 2.05) is 7.05 Å². The molecule has 0 aliphatic heterocycles. The molecule has 0 aromatic carbocycles. The second kappa shape index (κ2) is 8.66. The van der Waals surface area contributed by atoms with Gasteiger partial charge in [0, 0.05) is 12.5 Å². The molecule has 1 heterocycles. The van der Waals surface area contributed by atoms with E-state index in [4.69, 9.17) is 11.6 Å². The average Bonchev–Trinajstić information content (AvgIpc) is 2.76. The van der Waals surface area contributed by atoms with Gasteiger partial charge < -0.3 is 0 Å². The monoisotopic (exact) mass is 299 g/mol. The number of hydrogen-bond acceptors (Lipinski definition) is 2. The van der Waals surface area contributed by atoms with Gasteiger partial charge in [-0.15, -0.1) is 5.10 Å². The number of hydrogen-bond donors (Lipinski definition) is 0. The van der Waals surface area contributed by atoms with Gasteiger partial charge in [0.2, 0.25) is 0 Å². The molecule has 1 aromatic heterocycles. The van der Waals surface area contributed by atoms with Gasteiger partial charge in [-0.3, -0.25) is 0 Å². The minimum atomic E-state index is 0.0776. The molecule has 0 spiro atoms. The Hall–Kier alpha value is -0.570. The molecular formula is C16H30ClN3. The summed E-state index contributed by atoms with van der Waals surface area (Å²) in [6, 6.07) is 0. The molecular weight excluding hydrogens is 270 g/mol. The number of rotatable bonds is 10. The van der Waals surface area contributed by atoms with E-state index >= 15 is 0 Å². The Bertz CT molecular complexity index is 389. The fourth-order valence-corrected chi connectivity index (χ4v) is 3.08. The van der Waals surface area contributed by atoms with Gasteiger partial charge in [0.1, 0.15) is 5.69 Å². The molecule has 116 valence electrons. The molecule has 0 bridgehead atoms. The van der Waals surface area contributed by atoms with Crippen molar-refractivity contribution in [1.82, 2.24) is 15.0 Å². The third-order valence-electron chi connectivity index (χ3n) is 4.24. The lowest BCUT2D eigenvalue weighted by Crippen LogP contribution is -2.23. The zero-order valence-corrected chi connectivity index (χ0v) is 14.3. The first-order chi connectivity index (χ1) is 9.55. The average molecular weight is 300 g/mol. The van der Waals surface area contributed by atoms with Crippen LogP contribution in [0, 0.1) is 0 Å². The van der Waals surface area contributed by atoms with Crippen LogP contribution in [0.1, 0.15) is 84.3 Å². The molecule has 20 heavy (non-hydrogen) atoms. The molecule has 1 rings (SSSR count). The van der Waals surface area contributed by atoms with Crippen molar-refractivity contribution in [3.8, 4) is 0 Å². The number of halogens is 1. The van der Waals surface area contributed by atoms with Crippen LogP contribution in [-0.2, 0) is 12.5 Å². The standard InChI is InChI=1S/C16H30ClN3/c1-5-7-9-11-13-16(3,12-10-8-6-2)14-15(17)20(4)19-18-14/h5-13H2,1-4H3. The van der Waals surface area contributed by atoms with E-state index in [2.05, 4.69) is 31.1 Å². The van der Waals surface area contributed by atoms with E-state index in [9.17, 15) is 0 Å². The van der Waals surface area contributed by atoms with E-state index in [0.717, 1.165) is 18.5 Å². The highest BCUT2D eigenvalue weighted by Gasteiger charge is 2.31. The summed E-state index contributed by atoms with van der Waals surface area (Å²) in [6.45, 7) is 6.80. The number of aromatic nitrogens is 3. The summed E-state index contributed by atoms with van der Waals surface area (Å²) in [4.78, 5) is 0. The summed E-state index contributed by atoms with van der Waals surface area (Å²) in [7, 11) is 1.86. The van der Waals surface area contributed by atoms with Crippen LogP contribution >= 0.6 is 11.6 Å². The van der Waals surface area contributed by atoms with E-state index in [1.165, 1.54) is 44.9 Å². The predicted octanol–water partition coefficient (Wildman–Crippen LogP) is 5.28. The molecule has 1 atom stereocenters. The molecule has 0 aliphatic rings. The van der Waals surface area contributed by atoms with Gasteiger partial charge >= 0.3 is 0 Å². The highest BCUT2D eigenvalue weighted by atomic mass is 35.5. The Morgan fingerprint density at radius 3 is 2.05 bits per heavy atom. The zero-order valence-electron chi connectivity index (χ0n) is 13.6. The topological polar surface area (TPSA) is 30.7 Å². The summed E-state index contributed by atoms with van der Waals surface area (Å²) < 4.78 is 1.68. The van der Waals surface area contributed by atoms with Crippen LogP contribution in [0.15, 0.2) is 0 Å². The number of aryl methyl sites for hydroxylation is 1. The Balaban J connectivity index is 2.74. The highest BCUT2D eigenvalue weighted by molar-refractivity contribution is 6.30. The Morgan fingerprint density at radius 2 is 1.55 bits per heavy atom. The van der Waals surface area contributed by atoms with Gasteiger partial charge in [-0.05, 0) is 12.8 Å². The highest BCUT2D eigenvalue weighted by Crippen LogP contribution is 2.37. The Kier molecular flexibility index (Phi) is 7.57. The molecule has 1 aromatic rings. The van der Waals surface area contributed by atoms with Gasteiger partial charge in [-0.1, -0.05) is 82.5 Å². The molecule has 0 radical (unpaired) electrons. The third-order valence-corrected chi connectivity index (χ3v) is 4.67. The minimum absolute atomic E-state index is 0.0776. The smallest absolute Gasteiger partial charge is 0.150 e. The molecule has 0 saturated carbocycles. The number of unbranched alkanes of at least 4 members (excludes halogenated alkanes) is 5. The maximum Gasteiger partial charge on any atom is 0.150 e. The van der Waals surface area contributed by atoms with Crippen LogP contribution < -0.4 is 0 Å². The molecule has 0 N–H and O–H groups in total. The fourth-order valence-electron chi connectivity index (χ4n) is 2.78. The van der Waals surface area contributed by atoms with E-state index < -0.39 is 0 Å². The lowest BCUT2D eigenvalue weighted by Gasteiger charge is -2.28. The lowest BCUT2D eigenvalue weighted by molar-refractivity contribution is 0.356. The van der Waals surface area contributed by atoms with E-state index in [-0.39, 0.29) is 5.41 Å². The molecule has 3 nitrogen and oxygen atoms in total. The second-order valence-electron chi connectivity index (χ2n) is 6.18. The first-order valence-electron chi connectivity index (χ1n) is 8.10. The van der Waals surface area contributed by atoms with Crippen LogP contribution in [-0.4, -0.2) is 15.0 Å². The Morgan fingerprint density at radius 1 is 1.00 bits per heavy atom. The predicted molar refractivity (Wildman–Crippen MR) is 86.3 cm³/mol. The van der Waals surface area contributed by atoms with Crippen LogP contribution in [0.2, 0.25) is 5.15 Å². The quantitative estimate of drug-likeness (QED) is 0.550. The van der Waals surface area contributed by atoms with Crippen molar-refractivity contribution in [3.63, 3.8) is 0 Å². The third kappa shape index (κ3) is 4.76. The minimum Gasteiger partial charge on any atom is -0.237 e. The summed E-state index contributed by atoms with van der Waals surface area (Å²) in [6.07, 6.45) is 11.2. The lowest BCUT2D eigenvalue weighted by atomic mass is 9.77. The SMILES string of the molecule is CCCCCCC(C)(CCCCC)c1nnn(C)c1Cl. The molecule has 0 aliphatic carbocycles. The van der Waals surface area contributed by atoms with Crippen LogP contribution in [0.4, 0.5) is 0 Å². The van der Waals surface area contributed by atoms with Crippen molar-refractivity contribution in [2.45, 2.75) is 84.0 Å². The van der Waals surface area contributed by atoms with Crippen LogP contribution in [0.5, 0.6) is 0 Å². The van der Waals surface area contributed by atoms with E-state index in [1.54, 1.807) is 4.68 Å². The van der Waals surface area contributed by atoms with Crippen molar-refractivity contribution < 1.29 is 0 Å². The normalized spacial score (nSPS) is 14.4. The van der Waals surface area contributed by atoms with Crippen molar-refractivity contribution in [2.24, 2.45) is 7.05 Å². The van der Waals surface area contributed by atoms with Gasteiger partial charge in [0.25, 0.3) is 0 Å². The summed E-state index contributed by atoms with van der Waals surface area (Å²) in [5.41, 5.74) is 1.07. The van der Waals surface area contributed by atoms with Crippen molar-refractivity contribution >= 4 is 11.6 Å². The zero-order chi connectivity index (χ0) is 15.0. The molecule has 4 heteroatoms. The Labute approximate surface area is 129 Å². The largest absolute Gasteiger partial charge is 0.237 e. The van der Waals surface area contributed by atoms with Crippen LogP contribution in [0.3, 0.4) is 0 Å². The fraction of sp³-hybridized carbons (Fsp3) is 0.875. The van der Waals surface area contributed by atoms with Gasteiger partial charge in [0.15, 0.2) is 5.15 Å². The maximum atomic E-state index is 6.38. The van der Waals surface area contributed by atoms with Gasteiger partial charge in [0.05, 0.1) is 0 Å². The molecule has 0 fully saturated rings. The first kappa shape index (κ1) is 17.5.